The number of sulfonamides is 1. The van der Waals surface area contributed by atoms with Gasteiger partial charge in [-0.3, -0.25) is 0 Å². The largest absolute Gasteiger partial charge is 0.326 e. The lowest BCUT2D eigenvalue weighted by atomic mass is 10.0. The zero-order chi connectivity index (χ0) is 14.0. The smallest absolute Gasteiger partial charge is 0.250 e. The quantitative estimate of drug-likeness (QED) is 0.869. The molecule has 2 atom stereocenters. The van der Waals surface area contributed by atoms with Crippen LogP contribution >= 0.6 is 11.3 Å². The van der Waals surface area contributed by atoms with E-state index < -0.39 is 10.0 Å². The summed E-state index contributed by atoms with van der Waals surface area (Å²) in [5.74, 6) is 0. The Morgan fingerprint density at radius 2 is 2.32 bits per heavy atom. The van der Waals surface area contributed by atoms with E-state index in [2.05, 4.69) is 23.6 Å². The Morgan fingerprint density at radius 3 is 2.89 bits per heavy atom. The Hall–Kier alpha value is -0.470. The van der Waals surface area contributed by atoms with E-state index in [4.69, 9.17) is 5.73 Å². The van der Waals surface area contributed by atoms with E-state index in [0.29, 0.717) is 16.8 Å². The lowest BCUT2D eigenvalue weighted by molar-refractivity contribution is 0.178. The Balaban J connectivity index is 2.05. The number of nitrogens with one attached hydrogen (secondary N) is 1. The molecule has 1 saturated heterocycles. The number of rotatable bonds is 4. The number of nitrogens with two attached hydrogens (primary N) is 1. The Labute approximate surface area is 118 Å². The molecule has 0 aromatic carbocycles. The van der Waals surface area contributed by atoms with Crippen LogP contribution in [0.2, 0.25) is 0 Å². The molecular formula is C12H21N3O2S2. The third-order valence-electron chi connectivity index (χ3n) is 3.66. The van der Waals surface area contributed by atoms with Crippen molar-refractivity contribution < 1.29 is 8.42 Å². The van der Waals surface area contributed by atoms with E-state index in [-0.39, 0.29) is 6.04 Å². The predicted molar refractivity (Wildman–Crippen MR) is 77.6 cm³/mol. The third kappa shape index (κ3) is 3.55. The van der Waals surface area contributed by atoms with Gasteiger partial charge in [0.25, 0.3) is 0 Å². The van der Waals surface area contributed by atoms with E-state index in [1.807, 2.05) is 0 Å². The summed E-state index contributed by atoms with van der Waals surface area (Å²) in [6.07, 6.45) is 1.71. The Bertz CT molecular complexity index is 527. The molecule has 1 aromatic heterocycles. The highest BCUT2D eigenvalue weighted by Crippen LogP contribution is 2.22. The first kappa shape index (κ1) is 14.9. The molecule has 1 aliphatic heterocycles. The molecule has 5 nitrogen and oxygen atoms in total. The van der Waals surface area contributed by atoms with E-state index in [9.17, 15) is 8.42 Å². The molecule has 108 valence electrons. The topological polar surface area (TPSA) is 75.4 Å². The SMILES string of the molecule is CC1CC(NS(=O)(=O)c2cc(CN)cs2)CCN1C. The van der Waals surface area contributed by atoms with Gasteiger partial charge in [-0.2, -0.15) is 0 Å². The molecule has 0 amide bonds. The molecule has 0 radical (unpaired) electrons. The number of thiophene rings is 1. The standard InChI is InChI=1S/C12H21N3O2S2/c1-9-5-11(3-4-15(9)2)14-19(16,17)12-6-10(7-13)8-18-12/h6,8-9,11,14H,3-5,7,13H2,1-2H3. The van der Waals surface area contributed by atoms with Crippen LogP contribution in [0.15, 0.2) is 15.7 Å². The van der Waals surface area contributed by atoms with Crippen LogP contribution in [-0.2, 0) is 16.6 Å². The molecule has 0 spiro atoms. The maximum atomic E-state index is 12.3. The summed E-state index contributed by atoms with van der Waals surface area (Å²) >= 11 is 1.23. The summed E-state index contributed by atoms with van der Waals surface area (Å²) in [5, 5.41) is 1.80. The van der Waals surface area contributed by atoms with E-state index in [1.165, 1.54) is 11.3 Å². The summed E-state index contributed by atoms with van der Waals surface area (Å²) in [4.78, 5) is 2.25. The summed E-state index contributed by atoms with van der Waals surface area (Å²) in [5.41, 5.74) is 6.37. The first-order valence-electron chi connectivity index (χ1n) is 6.42. The lowest BCUT2D eigenvalue weighted by Gasteiger charge is -2.35. The molecule has 0 saturated carbocycles. The van der Waals surface area contributed by atoms with Crippen LogP contribution in [0.25, 0.3) is 0 Å². The first-order valence-corrected chi connectivity index (χ1v) is 8.78. The number of piperidine rings is 1. The molecular weight excluding hydrogens is 282 g/mol. The molecule has 0 bridgehead atoms. The van der Waals surface area contributed by atoms with Crippen LogP contribution in [0.1, 0.15) is 25.3 Å². The molecule has 1 fully saturated rings. The van der Waals surface area contributed by atoms with Crippen LogP contribution < -0.4 is 10.5 Å². The summed E-state index contributed by atoms with van der Waals surface area (Å²) in [7, 11) is -1.32. The van der Waals surface area contributed by atoms with Crippen molar-refractivity contribution in [1.82, 2.24) is 9.62 Å². The molecule has 2 rings (SSSR count). The molecule has 1 aromatic rings. The van der Waals surface area contributed by atoms with Gasteiger partial charge in [0.1, 0.15) is 4.21 Å². The van der Waals surface area contributed by atoms with Gasteiger partial charge in [-0.15, -0.1) is 11.3 Å². The number of likely N-dealkylation sites (tertiary alicyclic amines) is 1. The highest BCUT2D eigenvalue weighted by Gasteiger charge is 2.27. The van der Waals surface area contributed by atoms with E-state index in [1.54, 1.807) is 11.4 Å². The van der Waals surface area contributed by atoms with Gasteiger partial charge in [0.05, 0.1) is 0 Å². The van der Waals surface area contributed by atoms with Gasteiger partial charge in [-0.1, -0.05) is 0 Å². The fourth-order valence-electron chi connectivity index (χ4n) is 2.28. The van der Waals surface area contributed by atoms with E-state index >= 15 is 0 Å². The highest BCUT2D eigenvalue weighted by atomic mass is 32.2. The van der Waals surface area contributed by atoms with Crippen molar-refractivity contribution in [2.75, 3.05) is 13.6 Å². The normalized spacial score (nSPS) is 25.6. The Kier molecular flexibility index (Phi) is 4.62. The lowest BCUT2D eigenvalue weighted by Crippen LogP contribution is -2.47. The minimum atomic E-state index is -3.40. The van der Waals surface area contributed by atoms with Gasteiger partial charge < -0.3 is 10.6 Å². The fourth-order valence-corrected chi connectivity index (χ4v) is 4.80. The average Bonchev–Trinajstić information content (AvgIpc) is 2.83. The summed E-state index contributed by atoms with van der Waals surface area (Å²) in [6.45, 7) is 3.42. The van der Waals surface area contributed by atoms with Gasteiger partial charge >= 0.3 is 0 Å². The zero-order valence-electron chi connectivity index (χ0n) is 11.3. The van der Waals surface area contributed by atoms with Gasteiger partial charge in [-0.25, -0.2) is 13.1 Å². The zero-order valence-corrected chi connectivity index (χ0v) is 12.9. The molecule has 2 heterocycles. The van der Waals surface area contributed by atoms with Gasteiger partial charge in [0, 0.05) is 18.6 Å². The molecule has 3 N–H and O–H groups in total. The van der Waals surface area contributed by atoms with E-state index in [0.717, 1.165) is 24.9 Å². The second kappa shape index (κ2) is 5.88. The van der Waals surface area contributed by atoms with Crippen molar-refractivity contribution in [2.45, 2.75) is 42.6 Å². The Morgan fingerprint density at radius 1 is 1.58 bits per heavy atom. The van der Waals surface area contributed by atoms with Crippen molar-refractivity contribution in [3.8, 4) is 0 Å². The second-order valence-corrected chi connectivity index (χ2v) is 8.00. The summed E-state index contributed by atoms with van der Waals surface area (Å²) in [6, 6.07) is 2.09. The third-order valence-corrected chi connectivity index (χ3v) is 6.67. The monoisotopic (exact) mass is 303 g/mol. The van der Waals surface area contributed by atoms with Gasteiger partial charge in [0.2, 0.25) is 10.0 Å². The molecule has 7 heteroatoms. The average molecular weight is 303 g/mol. The first-order chi connectivity index (χ1) is 8.92. The minimum Gasteiger partial charge on any atom is -0.326 e. The molecule has 19 heavy (non-hydrogen) atoms. The van der Waals surface area contributed by atoms with Crippen LogP contribution in [0.3, 0.4) is 0 Å². The van der Waals surface area contributed by atoms with Crippen molar-refractivity contribution in [3.05, 3.63) is 17.0 Å². The van der Waals surface area contributed by atoms with Crippen LogP contribution in [0.4, 0.5) is 0 Å². The maximum Gasteiger partial charge on any atom is 0.250 e. The van der Waals surface area contributed by atoms with Crippen LogP contribution in [0.5, 0.6) is 0 Å². The van der Waals surface area contributed by atoms with Gasteiger partial charge in [-0.05, 0) is 50.4 Å². The van der Waals surface area contributed by atoms with Crippen LogP contribution in [0, 0.1) is 0 Å². The summed E-state index contributed by atoms with van der Waals surface area (Å²) < 4.78 is 27.7. The molecule has 0 aliphatic carbocycles. The fraction of sp³-hybridized carbons (Fsp3) is 0.667. The predicted octanol–water partition coefficient (Wildman–Crippen LogP) is 0.968. The molecule has 1 aliphatic rings. The molecule has 2 unspecified atom stereocenters. The maximum absolute atomic E-state index is 12.3. The minimum absolute atomic E-state index is 0.0274. The van der Waals surface area contributed by atoms with Gasteiger partial charge in [0.15, 0.2) is 0 Å². The number of hydrogen-bond donors (Lipinski definition) is 2. The highest BCUT2D eigenvalue weighted by molar-refractivity contribution is 7.91. The van der Waals surface area contributed by atoms with Crippen LogP contribution in [-0.4, -0.2) is 39.0 Å². The second-order valence-electron chi connectivity index (χ2n) is 5.15. The van der Waals surface area contributed by atoms with Crippen molar-refractivity contribution in [2.24, 2.45) is 5.73 Å². The van der Waals surface area contributed by atoms with Crippen molar-refractivity contribution in [3.63, 3.8) is 0 Å². The number of hydrogen-bond acceptors (Lipinski definition) is 5. The number of nitrogens with zero attached hydrogens (tertiary/aromatic N) is 1. The van der Waals surface area contributed by atoms with Crippen molar-refractivity contribution in [1.29, 1.82) is 0 Å². The van der Waals surface area contributed by atoms with Crippen molar-refractivity contribution >= 4 is 21.4 Å².